The van der Waals surface area contributed by atoms with Gasteiger partial charge in [0.25, 0.3) is 0 Å². The van der Waals surface area contributed by atoms with Crippen LogP contribution in [0.3, 0.4) is 0 Å². The number of nitrogens with one attached hydrogen (secondary N) is 1. The van der Waals surface area contributed by atoms with E-state index in [1.54, 1.807) is 0 Å². The van der Waals surface area contributed by atoms with Crippen molar-refractivity contribution in [1.82, 2.24) is 5.32 Å². The first-order chi connectivity index (χ1) is 9.04. The van der Waals surface area contributed by atoms with E-state index in [1.807, 2.05) is 30.3 Å². The molecule has 0 spiro atoms. The lowest BCUT2D eigenvalue weighted by Crippen LogP contribution is -2.18. The molecule has 4 heteroatoms. The van der Waals surface area contributed by atoms with Crippen LogP contribution < -0.4 is 5.32 Å². The van der Waals surface area contributed by atoms with Crippen molar-refractivity contribution in [3.63, 3.8) is 0 Å². The summed E-state index contributed by atoms with van der Waals surface area (Å²) in [6.45, 7) is 2.68. The van der Waals surface area contributed by atoms with Gasteiger partial charge in [0.1, 0.15) is 5.82 Å². The Balaban J connectivity index is 1.99. The maximum absolute atomic E-state index is 13.2. The molecule has 0 fully saturated rings. The lowest BCUT2D eigenvalue weighted by Gasteiger charge is -2.14. The summed E-state index contributed by atoms with van der Waals surface area (Å²) in [7, 11) is 0. The fraction of sp³-hybridized carbons (Fsp3) is 0.200. The molecule has 0 unspecified atom stereocenters. The third-order valence-electron chi connectivity index (χ3n) is 2.90. The Hall–Kier alpha value is -0.900. The molecular weight excluding hydrogens is 329 g/mol. The first-order valence-electron chi connectivity index (χ1n) is 5.98. The van der Waals surface area contributed by atoms with Gasteiger partial charge in [-0.3, -0.25) is 0 Å². The van der Waals surface area contributed by atoms with Crippen LogP contribution >= 0.6 is 27.5 Å². The van der Waals surface area contributed by atoms with Crippen LogP contribution in [0.2, 0.25) is 5.02 Å². The average molecular weight is 343 g/mol. The van der Waals surface area contributed by atoms with Crippen molar-refractivity contribution >= 4 is 27.5 Å². The molecule has 0 amide bonds. The third kappa shape index (κ3) is 4.30. The van der Waals surface area contributed by atoms with Gasteiger partial charge < -0.3 is 5.32 Å². The van der Waals surface area contributed by atoms with E-state index in [1.165, 1.54) is 12.1 Å². The van der Waals surface area contributed by atoms with Crippen molar-refractivity contribution in [2.24, 2.45) is 0 Å². The SMILES string of the molecule is C[C@H](NCc1cc(F)cc(Br)c1)c1ccc(Cl)cc1. The first kappa shape index (κ1) is 14.5. The molecular formula is C15H14BrClFN. The molecule has 0 saturated heterocycles. The highest BCUT2D eigenvalue weighted by molar-refractivity contribution is 9.10. The Morgan fingerprint density at radius 3 is 2.53 bits per heavy atom. The molecule has 0 radical (unpaired) electrons. The van der Waals surface area contributed by atoms with E-state index in [0.29, 0.717) is 6.54 Å². The lowest BCUT2D eigenvalue weighted by molar-refractivity contribution is 0.569. The summed E-state index contributed by atoms with van der Waals surface area (Å²) < 4.78 is 14.0. The van der Waals surface area contributed by atoms with Gasteiger partial charge in [-0.05, 0) is 48.4 Å². The second-order valence-electron chi connectivity index (χ2n) is 4.43. The van der Waals surface area contributed by atoms with Crippen molar-refractivity contribution in [3.05, 3.63) is 68.9 Å². The highest BCUT2D eigenvalue weighted by atomic mass is 79.9. The summed E-state index contributed by atoms with van der Waals surface area (Å²) in [6.07, 6.45) is 0. The second-order valence-corrected chi connectivity index (χ2v) is 5.78. The highest BCUT2D eigenvalue weighted by Gasteiger charge is 2.05. The van der Waals surface area contributed by atoms with Gasteiger partial charge in [0, 0.05) is 22.1 Å². The summed E-state index contributed by atoms with van der Waals surface area (Å²) in [4.78, 5) is 0. The molecule has 1 atom stereocenters. The molecule has 0 bridgehead atoms. The third-order valence-corrected chi connectivity index (χ3v) is 3.61. The Morgan fingerprint density at radius 1 is 1.21 bits per heavy atom. The Kier molecular flexibility index (Phi) is 4.97. The summed E-state index contributed by atoms with van der Waals surface area (Å²) in [5, 5.41) is 4.09. The molecule has 1 nitrogen and oxygen atoms in total. The number of hydrogen-bond acceptors (Lipinski definition) is 1. The van der Waals surface area contributed by atoms with Crippen LogP contribution in [0.5, 0.6) is 0 Å². The van der Waals surface area contributed by atoms with Crippen molar-refractivity contribution in [3.8, 4) is 0 Å². The van der Waals surface area contributed by atoms with Crippen molar-refractivity contribution in [2.45, 2.75) is 19.5 Å². The van der Waals surface area contributed by atoms with Crippen LogP contribution in [0.1, 0.15) is 24.1 Å². The number of rotatable bonds is 4. The van der Waals surface area contributed by atoms with E-state index in [0.717, 1.165) is 20.6 Å². The van der Waals surface area contributed by atoms with Gasteiger partial charge in [0.15, 0.2) is 0 Å². The molecule has 2 rings (SSSR count). The van der Waals surface area contributed by atoms with Gasteiger partial charge in [0.2, 0.25) is 0 Å². The van der Waals surface area contributed by atoms with Gasteiger partial charge in [-0.2, -0.15) is 0 Å². The first-order valence-corrected chi connectivity index (χ1v) is 7.15. The number of benzene rings is 2. The predicted molar refractivity (Wildman–Crippen MR) is 80.8 cm³/mol. The van der Waals surface area contributed by atoms with Crippen LogP contribution in [-0.4, -0.2) is 0 Å². The zero-order valence-electron chi connectivity index (χ0n) is 10.5. The van der Waals surface area contributed by atoms with Crippen molar-refractivity contribution in [2.75, 3.05) is 0 Å². The van der Waals surface area contributed by atoms with Crippen LogP contribution in [-0.2, 0) is 6.54 Å². The van der Waals surface area contributed by atoms with Crippen LogP contribution in [0.4, 0.5) is 4.39 Å². The van der Waals surface area contributed by atoms with E-state index >= 15 is 0 Å². The minimum Gasteiger partial charge on any atom is -0.306 e. The number of hydrogen-bond donors (Lipinski definition) is 1. The molecule has 2 aromatic carbocycles. The zero-order chi connectivity index (χ0) is 13.8. The topological polar surface area (TPSA) is 12.0 Å². The molecule has 100 valence electrons. The molecule has 19 heavy (non-hydrogen) atoms. The molecule has 2 aromatic rings. The van der Waals surface area contributed by atoms with E-state index in [4.69, 9.17) is 11.6 Å². The monoisotopic (exact) mass is 341 g/mol. The van der Waals surface area contributed by atoms with Crippen molar-refractivity contribution in [1.29, 1.82) is 0 Å². The fourth-order valence-electron chi connectivity index (χ4n) is 1.85. The average Bonchev–Trinajstić information content (AvgIpc) is 2.36. The van der Waals surface area contributed by atoms with E-state index < -0.39 is 0 Å². The molecule has 0 aliphatic rings. The Morgan fingerprint density at radius 2 is 1.89 bits per heavy atom. The Labute approximate surface area is 125 Å². The maximum atomic E-state index is 13.2. The molecule has 0 aliphatic carbocycles. The van der Waals surface area contributed by atoms with E-state index in [9.17, 15) is 4.39 Å². The predicted octanol–water partition coefficient (Wildman–Crippen LogP) is 5.09. The normalized spacial score (nSPS) is 12.4. The molecule has 1 N–H and O–H groups in total. The smallest absolute Gasteiger partial charge is 0.124 e. The maximum Gasteiger partial charge on any atom is 0.124 e. The van der Waals surface area contributed by atoms with Crippen LogP contribution in [0.25, 0.3) is 0 Å². The molecule has 0 aromatic heterocycles. The Bertz CT molecular complexity index is 536. The second kappa shape index (κ2) is 6.51. The highest BCUT2D eigenvalue weighted by Crippen LogP contribution is 2.18. The standard InChI is InChI=1S/C15H14BrClFN/c1-10(12-2-4-14(17)5-3-12)19-9-11-6-13(16)8-15(18)7-11/h2-8,10,19H,9H2,1H3/t10-/m0/s1. The summed E-state index contributed by atoms with van der Waals surface area (Å²) in [5.74, 6) is -0.231. The van der Waals surface area contributed by atoms with E-state index in [2.05, 4.69) is 28.2 Å². The largest absolute Gasteiger partial charge is 0.306 e. The lowest BCUT2D eigenvalue weighted by atomic mass is 10.1. The summed E-state index contributed by atoms with van der Waals surface area (Å²) >= 11 is 9.15. The van der Waals surface area contributed by atoms with Gasteiger partial charge >= 0.3 is 0 Å². The summed E-state index contributed by atoms with van der Waals surface area (Å²) in [5.41, 5.74) is 2.06. The minimum atomic E-state index is -0.231. The van der Waals surface area contributed by atoms with Gasteiger partial charge in [0.05, 0.1) is 0 Å². The molecule has 0 aliphatic heterocycles. The van der Waals surface area contributed by atoms with Gasteiger partial charge in [-0.1, -0.05) is 39.7 Å². The molecule has 0 heterocycles. The van der Waals surface area contributed by atoms with Crippen LogP contribution in [0.15, 0.2) is 46.9 Å². The summed E-state index contributed by atoms with van der Waals surface area (Å²) in [6, 6.07) is 12.8. The minimum absolute atomic E-state index is 0.180. The van der Waals surface area contributed by atoms with Gasteiger partial charge in [-0.15, -0.1) is 0 Å². The molecule has 0 saturated carbocycles. The van der Waals surface area contributed by atoms with E-state index in [-0.39, 0.29) is 11.9 Å². The van der Waals surface area contributed by atoms with Crippen molar-refractivity contribution < 1.29 is 4.39 Å². The fourth-order valence-corrected chi connectivity index (χ4v) is 2.49. The van der Waals surface area contributed by atoms with Crippen LogP contribution in [0, 0.1) is 5.82 Å². The number of halogens is 3. The van der Waals surface area contributed by atoms with Gasteiger partial charge in [-0.25, -0.2) is 4.39 Å². The quantitative estimate of drug-likeness (QED) is 0.816. The zero-order valence-corrected chi connectivity index (χ0v) is 12.8.